The summed E-state index contributed by atoms with van der Waals surface area (Å²) < 4.78 is 32.7. The number of ether oxygens (including phenoxy) is 2. The summed E-state index contributed by atoms with van der Waals surface area (Å²) in [5, 5.41) is 9.84. The average molecular weight is 832 g/mol. The van der Waals surface area contributed by atoms with Gasteiger partial charge in [-0.05, 0) is 77.0 Å². The molecule has 10 nitrogen and oxygen atoms in total. The van der Waals surface area contributed by atoms with Crippen LogP contribution in [0.1, 0.15) is 149 Å². The van der Waals surface area contributed by atoms with Gasteiger partial charge in [-0.15, -0.1) is 0 Å². The van der Waals surface area contributed by atoms with Crippen molar-refractivity contribution in [1.82, 2.24) is 0 Å². The molecule has 0 bridgehead atoms. The SMILES string of the molecule is CC/C=C\CC(O)/C=C/C=C/C/C=C\C/C=C\C/C=C\CCC(=O)O[C@H](COC(=O)CCCCCCCCC/C=C\C/C=C\CCCCC)COP(=O)(O)OCCN. The fraction of sp³-hybridized carbons (Fsp3) is 0.617. The Morgan fingerprint density at radius 1 is 0.621 bits per heavy atom. The van der Waals surface area contributed by atoms with Gasteiger partial charge < -0.3 is 25.2 Å². The van der Waals surface area contributed by atoms with Crippen LogP contribution in [0.4, 0.5) is 0 Å². The smallest absolute Gasteiger partial charge is 0.462 e. The zero-order valence-corrected chi connectivity index (χ0v) is 36.7. The predicted molar refractivity (Wildman–Crippen MR) is 239 cm³/mol. The lowest BCUT2D eigenvalue weighted by Gasteiger charge is -2.19. The first-order chi connectivity index (χ1) is 28.2. The number of allylic oxidation sites excluding steroid dienone is 14. The lowest BCUT2D eigenvalue weighted by Crippen LogP contribution is -2.29. The van der Waals surface area contributed by atoms with E-state index in [1.54, 1.807) is 6.08 Å². The molecule has 58 heavy (non-hydrogen) atoms. The minimum absolute atomic E-state index is 0.0289. The number of rotatable bonds is 39. The fourth-order valence-electron chi connectivity index (χ4n) is 5.30. The van der Waals surface area contributed by atoms with Crippen LogP contribution in [0.25, 0.3) is 0 Å². The molecule has 0 aromatic rings. The number of carbonyl (C=O) groups excluding carboxylic acids is 2. The molecule has 0 heterocycles. The van der Waals surface area contributed by atoms with Gasteiger partial charge in [0.05, 0.1) is 19.3 Å². The zero-order chi connectivity index (χ0) is 42.6. The summed E-state index contributed by atoms with van der Waals surface area (Å²) in [6, 6.07) is 0. The van der Waals surface area contributed by atoms with E-state index in [0.717, 1.165) is 57.8 Å². The minimum Gasteiger partial charge on any atom is -0.462 e. The van der Waals surface area contributed by atoms with Crippen LogP contribution < -0.4 is 5.73 Å². The van der Waals surface area contributed by atoms with Crippen LogP contribution >= 0.6 is 7.82 Å². The van der Waals surface area contributed by atoms with E-state index >= 15 is 0 Å². The molecular weight excluding hydrogens is 753 g/mol. The normalized spacial score (nSPS) is 14.8. The summed E-state index contributed by atoms with van der Waals surface area (Å²) >= 11 is 0. The number of unbranched alkanes of at least 4 members (excludes halogenated alkanes) is 10. The molecule has 0 aromatic carbocycles. The second kappa shape index (κ2) is 42.0. The lowest BCUT2D eigenvalue weighted by molar-refractivity contribution is -0.161. The molecule has 0 aliphatic heterocycles. The Morgan fingerprint density at radius 2 is 1.19 bits per heavy atom. The van der Waals surface area contributed by atoms with Crippen molar-refractivity contribution >= 4 is 19.8 Å². The van der Waals surface area contributed by atoms with Crippen LogP contribution in [0.3, 0.4) is 0 Å². The molecule has 0 rings (SSSR count). The summed E-state index contributed by atoms with van der Waals surface area (Å²) in [6.45, 7) is 3.37. The molecule has 11 heteroatoms. The van der Waals surface area contributed by atoms with Crippen molar-refractivity contribution in [2.75, 3.05) is 26.4 Å². The number of hydrogen-bond donors (Lipinski definition) is 3. The molecule has 0 amide bonds. The van der Waals surface area contributed by atoms with Crippen molar-refractivity contribution in [3.8, 4) is 0 Å². The molecule has 4 N–H and O–H groups in total. The highest BCUT2D eigenvalue weighted by Gasteiger charge is 2.25. The quantitative estimate of drug-likeness (QED) is 0.0179. The molecule has 0 spiro atoms. The number of phosphoric ester groups is 1. The van der Waals surface area contributed by atoms with E-state index < -0.39 is 38.6 Å². The van der Waals surface area contributed by atoms with E-state index in [4.69, 9.17) is 24.3 Å². The Morgan fingerprint density at radius 3 is 1.81 bits per heavy atom. The van der Waals surface area contributed by atoms with Crippen LogP contribution in [0.5, 0.6) is 0 Å². The number of nitrogens with two attached hydrogens (primary N) is 1. The maximum atomic E-state index is 12.6. The van der Waals surface area contributed by atoms with Gasteiger partial charge in [0, 0.05) is 19.4 Å². The van der Waals surface area contributed by atoms with Crippen molar-refractivity contribution in [2.45, 2.75) is 161 Å². The molecule has 0 aliphatic carbocycles. The molecule has 0 radical (unpaired) electrons. The van der Waals surface area contributed by atoms with E-state index in [0.29, 0.717) is 19.3 Å². The summed E-state index contributed by atoms with van der Waals surface area (Å²) in [7, 11) is -4.42. The summed E-state index contributed by atoms with van der Waals surface area (Å²) in [4.78, 5) is 34.9. The molecule has 2 unspecified atom stereocenters. The zero-order valence-electron chi connectivity index (χ0n) is 35.8. The standard InChI is InChI=1S/C47H78NO9P/c1-3-5-7-8-9-10-11-12-13-14-15-18-21-24-27-30-34-38-46(50)54-42-45(43-56-58(52,53)55-41-40-48)57-47(51)39-35-31-28-25-22-19-16-17-20-23-26-29-33-37-44(49)36-32-6-4-2/h6,9-10,12-13,17,19-20,22,26,28-29,31-33,37,44-45,49H,3-5,7-8,11,14-16,18,21,23-25,27,30,34-36,38-43,48H2,1-2H3,(H,52,53)/b10-9-,13-12-,20-17-,22-19-,29-26+,31-28-,32-6-,37-33+/t44?,45-/m1/s1. The molecule has 0 saturated heterocycles. The van der Waals surface area contributed by atoms with E-state index in [9.17, 15) is 24.2 Å². The Kier molecular flexibility index (Phi) is 39.8. The highest BCUT2D eigenvalue weighted by atomic mass is 31.2. The van der Waals surface area contributed by atoms with Crippen LogP contribution in [-0.4, -0.2) is 60.5 Å². The van der Waals surface area contributed by atoms with Gasteiger partial charge in [-0.25, -0.2) is 4.57 Å². The topological polar surface area (TPSA) is 155 Å². The second-order valence-corrected chi connectivity index (χ2v) is 15.5. The largest absolute Gasteiger partial charge is 0.472 e. The number of phosphoric acid groups is 1. The maximum Gasteiger partial charge on any atom is 0.472 e. The summed E-state index contributed by atoms with van der Waals surface area (Å²) in [5.74, 6) is -0.966. The van der Waals surface area contributed by atoms with Gasteiger partial charge in [-0.3, -0.25) is 18.6 Å². The summed E-state index contributed by atoms with van der Waals surface area (Å²) in [5.41, 5.74) is 5.34. The highest BCUT2D eigenvalue weighted by Crippen LogP contribution is 2.43. The number of hydrogen-bond acceptors (Lipinski definition) is 9. The second-order valence-electron chi connectivity index (χ2n) is 14.0. The van der Waals surface area contributed by atoms with Crippen LogP contribution in [0, 0.1) is 0 Å². The van der Waals surface area contributed by atoms with Crippen LogP contribution in [0.15, 0.2) is 97.2 Å². The average Bonchev–Trinajstić information content (AvgIpc) is 3.20. The Labute approximate surface area is 351 Å². The third-order valence-electron chi connectivity index (χ3n) is 8.55. The lowest BCUT2D eigenvalue weighted by atomic mass is 10.1. The van der Waals surface area contributed by atoms with Crippen molar-refractivity contribution in [2.24, 2.45) is 5.73 Å². The Bertz CT molecular complexity index is 1280. The van der Waals surface area contributed by atoms with Gasteiger partial charge >= 0.3 is 19.8 Å². The number of aliphatic hydroxyl groups excluding tert-OH is 1. The van der Waals surface area contributed by atoms with Gasteiger partial charge in [-0.1, -0.05) is 156 Å². The van der Waals surface area contributed by atoms with Gasteiger partial charge in [0.1, 0.15) is 6.61 Å². The van der Waals surface area contributed by atoms with Crippen LogP contribution in [0.2, 0.25) is 0 Å². The van der Waals surface area contributed by atoms with Crippen molar-refractivity contribution < 1.29 is 42.7 Å². The first-order valence-electron chi connectivity index (χ1n) is 21.8. The van der Waals surface area contributed by atoms with Gasteiger partial charge in [0.2, 0.25) is 0 Å². The van der Waals surface area contributed by atoms with Gasteiger partial charge in [0.15, 0.2) is 6.10 Å². The van der Waals surface area contributed by atoms with Crippen molar-refractivity contribution in [1.29, 1.82) is 0 Å². The first kappa shape index (κ1) is 54.9. The Hall–Kier alpha value is -3.11. The molecule has 3 atom stereocenters. The third kappa shape index (κ3) is 41.1. The molecule has 0 aromatic heterocycles. The third-order valence-corrected chi connectivity index (χ3v) is 9.53. The Balaban J connectivity index is 4.35. The highest BCUT2D eigenvalue weighted by molar-refractivity contribution is 7.47. The van der Waals surface area contributed by atoms with Crippen LogP contribution in [-0.2, 0) is 32.7 Å². The molecular formula is C47H78NO9P. The predicted octanol–water partition coefficient (Wildman–Crippen LogP) is 11.6. The maximum absolute atomic E-state index is 12.6. The molecule has 0 saturated carbocycles. The van der Waals surface area contributed by atoms with E-state index in [1.807, 2.05) is 48.6 Å². The van der Waals surface area contributed by atoms with E-state index in [-0.39, 0.29) is 32.6 Å². The first-order valence-corrected chi connectivity index (χ1v) is 23.3. The van der Waals surface area contributed by atoms with Gasteiger partial charge in [-0.2, -0.15) is 0 Å². The van der Waals surface area contributed by atoms with Crippen molar-refractivity contribution in [3.05, 3.63) is 97.2 Å². The molecule has 0 fully saturated rings. The van der Waals surface area contributed by atoms with E-state index in [1.165, 1.54) is 44.9 Å². The minimum atomic E-state index is -4.42. The number of esters is 2. The molecule has 330 valence electrons. The monoisotopic (exact) mass is 832 g/mol. The van der Waals surface area contributed by atoms with Crippen molar-refractivity contribution in [3.63, 3.8) is 0 Å². The number of carbonyl (C=O) groups is 2. The number of aliphatic hydroxyl groups is 1. The summed E-state index contributed by atoms with van der Waals surface area (Å²) in [6.07, 6.45) is 50.6. The molecule has 0 aliphatic rings. The van der Waals surface area contributed by atoms with E-state index in [2.05, 4.69) is 56.4 Å². The van der Waals surface area contributed by atoms with Gasteiger partial charge in [0.25, 0.3) is 0 Å². The fourth-order valence-corrected chi connectivity index (χ4v) is 6.07.